The third-order valence-electron chi connectivity index (χ3n) is 3.76. The minimum absolute atomic E-state index is 0.170. The first kappa shape index (κ1) is 14.3. The van der Waals surface area contributed by atoms with Crippen LogP contribution >= 0.6 is 15.9 Å². The number of benzene rings is 1. The van der Waals surface area contributed by atoms with Crippen molar-refractivity contribution in [2.75, 3.05) is 0 Å². The number of nitrogens with two attached hydrogens (primary N) is 1. The molecule has 1 aromatic heterocycles. The van der Waals surface area contributed by atoms with Crippen molar-refractivity contribution < 1.29 is 0 Å². The van der Waals surface area contributed by atoms with Crippen LogP contribution in [-0.4, -0.2) is 15.1 Å². The van der Waals surface area contributed by atoms with Crippen LogP contribution in [0.25, 0.3) is 11.3 Å². The van der Waals surface area contributed by atoms with Crippen molar-refractivity contribution in [2.24, 2.45) is 5.73 Å². The Labute approximate surface area is 123 Å². The Morgan fingerprint density at radius 1 is 1.26 bits per heavy atom. The predicted octanol–water partition coefficient (Wildman–Crippen LogP) is 3.83. The smallest absolute Gasteiger partial charge is 0.0951 e. The van der Waals surface area contributed by atoms with Crippen molar-refractivity contribution in [2.45, 2.75) is 38.8 Å². The van der Waals surface area contributed by atoms with Crippen LogP contribution in [0.15, 0.2) is 41.3 Å². The molecule has 2 aromatic rings. The maximum absolute atomic E-state index is 6.41. The second-order valence-electron chi connectivity index (χ2n) is 4.96. The van der Waals surface area contributed by atoms with E-state index in [2.05, 4.69) is 45.4 Å². The standard InChI is InChI=1S/C15H20BrN3/c1-3-15(17,4-2)10-19-11-18-9-14(19)12-7-5-6-8-13(12)16/h5-9,11H,3-4,10,17H2,1-2H3. The van der Waals surface area contributed by atoms with Gasteiger partial charge in [-0.3, -0.25) is 0 Å². The van der Waals surface area contributed by atoms with Crippen molar-refractivity contribution in [3.8, 4) is 11.3 Å². The zero-order valence-corrected chi connectivity index (χ0v) is 13.0. The highest BCUT2D eigenvalue weighted by molar-refractivity contribution is 9.10. The van der Waals surface area contributed by atoms with Crippen molar-refractivity contribution >= 4 is 15.9 Å². The molecule has 102 valence electrons. The van der Waals surface area contributed by atoms with Gasteiger partial charge in [0.15, 0.2) is 0 Å². The van der Waals surface area contributed by atoms with Crippen LogP contribution < -0.4 is 5.73 Å². The Bertz CT molecular complexity index is 544. The van der Waals surface area contributed by atoms with E-state index in [1.165, 1.54) is 0 Å². The molecule has 2 rings (SSSR count). The first-order chi connectivity index (χ1) is 9.09. The third kappa shape index (κ3) is 3.07. The first-order valence-corrected chi connectivity index (χ1v) is 7.43. The van der Waals surface area contributed by atoms with E-state index in [1.54, 1.807) is 0 Å². The van der Waals surface area contributed by atoms with Crippen LogP contribution in [0.4, 0.5) is 0 Å². The lowest BCUT2D eigenvalue weighted by Gasteiger charge is -2.28. The van der Waals surface area contributed by atoms with Gasteiger partial charge in [-0.05, 0) is 18.9 Å². The average Bonchev–Trinajstić information content (AvgIpc) is 2.87. The van der Waals surface area contributed by atoms with Gasteiger partial charge in [-0.25, -0.2) is 4.98 Å². The molecule has 0 unspecified atom stereocenters. The molecule has 0 spiro atoms. The number of nitrogens with zero attached hydrogens (tertiary/aromatic N) is 2. The lowest BCUT2D eigenvalue weighted by Crippen LogP contribution is -2.42. The highest BCUT2D eigenvalue weighted by atomic mass is 79.9. The molecule has 1 heterocycles. The third-order valence-corrected chi connectivity index (χ3v) is 4.45. The van der Waals surface area contributed by atoms with Crippen molar-refractivity contribution in [1.29, 1.82) is 0 Å². The van der Waals surface area contributed by atoms with Crippen LogP contribution in [0.2, 0.25) is 0 Å². The second-order valence-corrected chi connectivity index (χ2v) is 5.81. The van der Waals surface area contributed by atoms with Crippen molar-refractivity contribution in [3.63, 3.8) is 0 Å². The summed E-state index contributed by atoms with van der Waals surface area (Å²) in [5.74, 6) is 0. The fourth-order valence-corrected chi connectivity index (χ4v) is 2.64. The van der Waals surface area contributed by atoms with Gasteiger partial charge < -0.3 is 10.3 Å². The highest BCUT2D eigenvalue weighted by Gasteiger charge is 2.22. The zero-order chi connectivity index (χ0) is 13.9. The molecule has 1 aromatic carbocycles. The summed E-state index contributed by atoms with van der Waals surface area (Å²) in [6, 6.07) is 8.18. The van der Waals surface area contributed by atoms with Crippen LogP contribution in [0.3, 0.4) is 0 Å². The number of halogens is 1. The molecular weight excluding hydrogens is 302 g/mol. The summed E-state index contributed by atoms with van der Waals surface area (Å²) >= 11 is 3.59. The molecule has 4 heteroatoms. The first-order valence-electron chi connectivity index (χ1n) is 6.63. The Hall–Kier alpha value is -1.13. The Balaban J connectivity index is 2.36. The van der Waals surface area contributed by atoms with Gasteiger partial charge in [0, 0.05) is 22.1 Å². The van der Waals surface area contributed by atoms with E-state index < -0.39 is 0 Å². The second kappa shape index (κ2) is 5.88. The molecule has 19 heavy (non-hydrogen) atoms. The largest absolute Gasteiger partial charge is 0.329 e. The summed E-state index contributed by atoms with van der Waals surface area (Å²) in [6.07, 6.45) is 5.67. The van der Waals surface area contributed by atoms with Gasteiger partial charge in [0.2, 0.25) is 0 Å². The summed E-state index contributed by atoms with van der Waals surface area (Å²) in [4.78, 5) is 4.28. The Morgan fingerprint density at radius 3 is 2.58 bits per heavy atom. The molecule has 0 saturated carbocycles. The quantitative estimate of drug-likeness (QED) is 0.909. The maximum Gasteiger partial charge on any atom is 0.0951 e. The van der Waals surface area contributed by atoms with Gasteiger partial charge in [0.25, 0.3) is 0 Å². The number of aromatic nitrogens is 2. The summed E-state index contributed by atoms with van der Waals surface area (Å²) in [6.45, 7) is 5.06. The average molecular weight is 322 g/mol. The highest BCUT2D eigenvalue weighted by Crippen LogP contribution is 2.28. The van der Waals surface area contributed by atoms with E-state index in [-0.39, 0.29) is 5.54 Å². The fraction of sp³-hybridized carbons (Fsp3) is 0.400. The van der Waals surface area contributed by atoms with Crippen LogP contribution in [0, 0.1) is 0 Å². The van der Waals surface area contributed by atoms with E-state index in [4.69, 9.17) is 5.73 Å². The van der Waals surface area contributed by atoms with Gasteiger partial charge in [-0.15, -0.1) is 0 Å². The summed E-state index contributed by atoms with van der Waals surface area (Å²) < 4.78 is 3.22. The van der Waals surface area contributed by atoms with Gasteiger partial charge >= 0.3 is 0 Å². The fourth-order valence-electron chi connectivity index (χ4n) is 2.15. The Morgan fingerprint density at radius 2 is 1.95 bits per heavy atom. The molecule has 0 aliphatic heterocycles. The van der Waals surface area contributed by atoms with Gasteiger partial charge in [-0.2, -0.15) is 0 Å². The zero-order valence-electron chi connectivity index (χ0n) is 11.4. The minimum Gasteiger partial charge on any atom is -0.329 e. The van der Waals surface area contributed by atoms with E-state index in [0.717, 1.165) is 35.1 Å². The van der Waals surface area contributed by atoms with Crippen molar-refractivity contribution in [1.82, 2.24) is 9.55 Å². The van der Waals surface area contributed by atoms with Crippen LogP contribution in [0.5, 0.6) is 0 Å². The van der Waals surface area contributed by atoms with Crippen LogP contribution in [0.1, 0.15) is 26.7 Å². The molecule has 0 saturated heterocycles. The Kier molecular flexibility index (Phi) is 4.42. The normalized spacial score (nSPS) is 11.8. The SMILES string of the molecule is CCC(N)(CC)Cn1cncc1-c1ccccc1Br. The molecule has 0 atom stereocenters. The molecule has 2 N–H and O–H groups in total. The molecule has 3 nitrogen and oxygen atoms in total. The van der Waals surface area contributed by atoms with Gasteiger partial charge in [0.05, 0.1) is 18.2 Å². The summed E-state index contributed by atoms with van der Waals surface area (Å²) in [5, 5.41) is 0. The molecular formula is C15H20BrN3. The monoisotopic (exact) mass is 321 g/mol. The lowest BCUT2D eigenvalue weighted by molar-refractivity contribution is 0.340. The van der Waals surface area contributed by atoms with Crippen molar-refractivity contribution in [3.05, 3.63) is 41.3 Å². The molecule has 0 bridgehead atoms. The molecule has 0 amide bonds. The number of hydrogen-bond acceptors (Lipinski definition) is 2. The summed E-state index contributed by atoms with van der Waals surface area (Å²) in [5.41, 5.74) is 8.49. The van der Waals surface area contributed by atoms with Gasteiger partial charge in [-0.1, -0.05) is 48.0 Å². The molecule has 0 aliphatic carbocycles. The number of hydrogen-bond donors (Lipinski definition) is 1. The number of rotatable bonds is 5. The van der Waals surface area contributed by atoms with E-state index in [9.17, 15) is 0 Å². The summed E-state index contributed by atoms with van der Waals surface area (Å²) in [7, 11) is 0. The van der Waals surface area contributed by atoms with Crippen LogP contribution in [-0.2, 0) is 6.54 Å². The minimum atomic E-state index is -0.170. The van der Waals surface area contributed by atoms with E-state index in [1.807, 2.05) is 30.7 Å². The number of imidazole rings is 1. The maximum atomic E-state index is 6.41. The molecule has 0 aliphatic rings. The molecule has 0 fully saturated rings. The van der Waals surface area contributed by atoms with Gasteiger partial charge in [0.1, 0.15) is 0 Å². The molecule has 0 radical (unpaired) electrons. The predicted molar refractivity (Wildman–Crippen MR) is 82.9 cm³/mol. The topological polar surface area (TPSA) is 43.8 Å². The van der Waals surface area contributed by atoms with E-state index in [0.29, 0.717) is 0 Å². The lowest BCUT2D eigenvalue weighted by atomic mass is 9.94. The van der Waals surface area contributed by atoms with E-state index >= 15 is 0 Å².